The summed E-state index contributed by atoms with van der Waals surface area (Å²) in [5, 5.41) is 9.62. The highest BCUT2D eigenvalue weighted by Gasteiger charge is 2.21. The summed E-state index contributed by atoms with van der Waals surface area (Å²) in [7, 11) is 0. The Morgan fingerprint density at radius 3 is 1.61 bits per heavy atom. The lowest BCUT2D eigenvalue weighted by molar-refractivity contribution is 1.19. The van der Waals surface area contributed by atoms with Crippen LogP contribution in [0.1, 0.15) is 0 Å². The Hall–Kier alpha value is -6.12. The Kier molecular flexibility index (Phi) is 6.17. The number of hydrogen-bond donors (Lipinski definition) is 0. The van der Waals surface area contributed by atoms with Crippen molar-refractivity contribution >= 4 is 43.1 Å². The minimum Gasteiger partial charge on any atom is -0.228 e. The van der Waals surface area contributed by atoms with E-state index in [1.165, 1.54) is 54.2 Å². The molecule has 0 aliphatic rings. The fourth-order valence-electron chi connectivity index (χ4n) is 7.01. The standard InChI is InChI=1S/C44H28N2/c1-3-16-31(17-4-1)41-36-23-11-12-24-37(36)42(38-27-26-30-15-8-10-22-34(30)43(38)41)40-28-39(45-44(46-40)32-18-5-2-6-19-32)35-25-13-20-29-14-7-9-21-33(29)35/h1-28H. The predicted octanol–water partition coefficient (Wildman–Crippen LogP) is 11.8. The van der Waals surface area contributed by atoms with Gasteiger partial charge in [-0.05, 0) is 60.3 Å². The Balaban J connectivity index is 1.45. The van der Waals surface area contributed by atoms with Crippen LogP contribution in [0, 0.1) is 0 Å². The highest BCUT2D eigenvalue weighted by molar-refractivity contribution is 6.27. The molecule has 1 aromatic heterocycles. The summed E-state index contributed by atoms with van der Waals surface area (Å²) in [6.07, 6.45) is 0. The van der Waals surface area contributed by atoms with Gasteiger partial charge in [-0.1, -0.05) is 164 Å². The van der Waals surface area contributed by atoms with E-state index in [9.17, 15) is 0 Å². The molecule has 0 spiro atoms. The highest BCUT2D eigenvalue weighted by Crippen LogP contribution is 2.46. The fraction of sp³-hybridized carbons (Fsp3) is 0. The molecule has 0 N–H and O–H groups in total. The Morgan fingerprint density at radius 2 is 0.870 bits per heavy atom. The van der Waals surface area contributed by atoms with E-state index in [1.54, 1.807) is 0 Å². The summed E-state index contributed by atoms with van der Waals surface area (Å²) >= 11 is 0. The first-order chi connectivity index (χ1) is 22.8. The van der Waals surface area contributed by atoms with Crippen LogP contribution in [0.3, 0.4) is 0 Å². The first kappa shape index (κ1) is 26.3. The fourth-order valence-corrected chi connectivity index (χ4v) is 7.01. The maximum Gasteiger partial charge on any atom is 0.160 e. The minimum atomic E-state index is 0.714. The largest absolute Gasteiger partial charge is 0.228 e. The van der Waals surface area contributed by atoms with Crippen molar-refractivity contribution < 1.29 is 0 Å². The zero-order chi connectivity index (χ0) is 30.5. The number of fused-ring (bicyclic) bond motifs is 5. The van der Waals surface area contributed by atoms with E-state index in [-0.39, 0.29) is 0 Å². The number of rotatable bonds is 4. The number of aromatic nitrogens is 2. The Bertz CT molecular complexity index is 2560. The van der Waals surface area contributed by atoms with Gasteiger partial charge in [0.25, 0.3) is 0 Å². The molecule has 0 saturated carbocycles. The molecule has 8 aromatic carbocycles. The lowest BCUT2D eigenvalue weighted by Crippen LogP contribution is -1.98. The summed E-state index contributed by atoms with van der Waals surface area (Å²) in [6.45, 7) is 0. The van der Waals surface area contributed by atoms with E-state index in [2.05, 4.69) is 164 Å². The Morgan fingerprint density at radius 1 is 0.326 bits per heavy atom. The van der Waals surface area contributed by atoms with Crippen LogP contribution in [-0.4, -0.2) is 9.97 Å². The molecule has 9 aromatic rings. The number of benzene rings is 8. The van der Waals surface area contributed by atoms with Gasteiger partial charge in [0, 0.05) is 16.7 Å². The van der Waals surface area contributed by atoms with Crippen molar-refractivity contribution in [2.45, 2.75) is 0 Å². The van der Waals surface area contributed by atoms with Gasteiger partial charge in [0.1, 0.15) is 0 Å². The molecule has 0 atom stereocenters. The molecule has 2 heteroatoms. The van der Waals surface area contributed by atoms with Crippen LogP contribution in [0.5, 0.6) is 0 Å². The molecular formula is C44H28N2. The van der Waals surface area contributed by atoms with Crippen molar-refractivity contribution in [3.63, 3.8) is 0 Å². The number of nitrogens with zero attached hydrogens (tertiary/aromatic N) is 2. The normalized spacial score (nSPS) is 11.5. The molecular weight excluding hydrogens is 556 g/mol. The monoisotopic (exact) mass is 584 g/mol. The first-order valence-electron chi connectivity index (χ1n) is 15.7. The molecule has 0 bridgehead atoms. The smallest absolute Gasteiger partial charge is 0.160 e. The van der Waals surface area contributed by atoms with Gasteiger partial charge in [-0.3, -0.25) is 0 Å². The molecule has 0 aliphatic carbocycles. The molecule has 0 unspecified atom stereocenters. The van der Waals surface area contributed by atoms with Gasteiger partial charge in [0.15, 0.2) is 5.82 Å². The molecule has 0 radical (unpaired) electrons. The molecule has 0 aliphatic heterocycles. The van der Waals surface area contributed by atoms with Crippen molar-refractivity contribution in [2.24, 2.45) is 0 Å². The van der Waals surface area contributed by atoms with Crippen LogP contribution in [0.2, 0.25) is 0 Å². The number of hydrogen-bond acceptors (Lipinski definition) is 2. The minimum absolute atomic E-state index is 0.714. The SMILES string of the molecule is c1ccc(-c2nc(-c3cccc4ccccc34)cc(-c3c4ccccc4c(-c4ccccc4)c4c3ccc3ccccc34)n2)cc1. The van der Waals surface area contributed by atoms with E-state index >= 15 is 0 Å². The third-order valence-corrected chi connectivity index (χ3v) is 9.06. The van der Waals surface area contributed by atoms with E-state index in [0.29, 0.717) is 5.82 Å². The van der Waals surface area contributed by atoms with Crippen molar-refractivity contribution in [1.29, 1.82) is 0 Å². The molecule has 0 fully saturated rings. The lowest BCUT2D eigenvalue weighted by Gasteiger charge is -2.19. The van der Waals surface area contributed by atoms with Crippen LogP contribution in [0.4, 0.5) is 0 Å². The molecule has 46 heavy (non-hydrogen) atoms. The third-order valence-electron chi connectivity index (χ3n) is 9.06. The van der Waals surface area contributed by atoms with E-state index in [4.69, 9.17) is 9.97 Å². The predicted molar refractivity (Wildman–Crippen MR) is 194 cm³/mol. The van der Waals surface area contributed by atoms with E-state index < -0.39 is 0 Å². The molecule has 0 saturated heterocycles. The summed E-state index contributed by atoms with van der Waals surface area (Å²) in [4.78, 5) is 10.6. The topological polar surface area (TPSA) is 25.8 Å². The first-order valence-corrected chi connectivity index (χ1v) is 15.7. The quantitative estimate of drug-likeness (QED) is 0.152. The van der Waals surface area contributed by atoms with Crippen LogP contribution in [0.25, 0.3) is 88.1 Å². The van der Waals surface area contributed by atoms with Gasteiger partial charge >= 0.3 is 0 Å². The zero-order valence-electron chi connectivity index (χ0n) is 25.1. The summed E-state index contributed by atoms with van der Waals surface area (Å²) in [5.41, 5.74) is 7.48. The molecule has 1 heterocycles. The van der Waals surface area contributed by atoms with Crippen LogP contribution >= 0.6 is 0 Å². The average molecular weight is 585 g/mol. The molecule has 214 valence electrons. The van der Waals surface area contributed by atoms with Gasteiger partial charge in [0.05, 0.1) is 11.4 Å². The second-order valence-electron chi connectivity index (χ2n) is 11.7. The summed E-state index contributed by atoms with van der Waals surface area (Å²) in [6, 6.07) is 60.3. The maximum absolute atomic E-state index is 5.35. The lowest BCUT2D eigenvalue weighted by atomic mass is 9.85. The average Bonchev–Trinajstić information content (AvgIpc) is 3.14. The Labute approximate surface area is 267 Å². The zero-order valence-corrected chi connectivity index (χ0v) is 25.1. The van der Waals surface area contributed by atoms with Gasteiger partial charge in [-0.2, -0.15) is 0 Å². The molecule has 9 rings (SSSR count). The van der Waals surface area contributed by atoms with Crippen LogP contribution in [0.15, 0.2) is 170 Å². The summed E-state index contributed by atoms with van der Waals surface area (Å²) < 4.78 is 0. The second kappa shape index (κ2) is 10.8. The van der Waals surface area contributed by atoms with Crippen LogP contribution in [-0.2, 0) is 0 Å². The van der Waals surface area contributed by atoms with Gasteiger partial charge in [-0.15, -0.1) is 0 Å². The van der Waals surface area contributed by atoms with Crippen LogP contribution < -0.4 is 0 Å². The van der Waals surface area contributed by atoms with Gasteiger partial charge in [0.2, 0.25) is 0 Å². The highest BCUT2D eigenvalue weighted by atomic mass is 14.9. The second-order valence-corrected chi connectivity index (χ2v) is 11.7. The maximum atomic E-state index is 5.35. The van der Waals surface area contributed by atoms with Gasteiger partial charge in [-0.25, -0.2) is 9.97 Å². The van der Waals surface area contributed by atoms with Crippen molar-refractivity contribution in [3.8, 4) is 45.0 Å². The van der Waals surface area contributed by atoms with Crippen molar-refractivity contribution in [1.82, 2.24) is 9.97 Å². The van der Waals surface area contributed by atoms with E-state index in [1.807, 2.05) is 6.07 Å². The van der Waals surface area contributed by atoms with Crippen molar-refractivity contribution in [3.05, 3.63) is 170 Å². The molecule has 2 nitrogen and oxygen atoms in total. The third kappa shape index (κ3) is 4.27. The molecule has 0 amide bonds. The van der Waals surface area contributed by atoms with E-state index in [0.717, 1.165) is 28.1 Å². The van der Waals surface area contributed by atoms with Gasteiger partial charge < -0.3 is 0 Å². The summed E-state index contributed by atoms with van der Waals surface area (Å²) in [5.74, 6) is 0.714. The van der Waals surface area contributed by atoms with Crippen molar-refractivity contribution in [2.75, 3.05) is 0 Å².